The van der Waals surface area contributed by atoms with Crippen LogP contribution in [-0.4, -0.2) is 19.2 Å². The first-order valence-electron chi connectivity index (χ1n) is 8.14. The van der Waals surface area contributed by atoms with E-state index in [9.17, 15) is 0 Å². The molecule has 1 atom stereocenters. The molecule has 1 aromatic carbocycles. The second-order valence-electron chi connectivity index (χ2n) is 6.07. The molecule has 2 heteroatoms. The van der Waals surface area contributed by atoms with Gasteiger partial charge in [-0.2, -0.15) is 0 Å². The Morgan fingerprint density at radius 2 is 1.95 bits per heavy atom. The Morgan fingerprint density at radius 3 is 2.65 bits per heavy atom. The Balaban J connectivity index is 1.95. The van der Waals surface area contributed by atoms with Crippen LogP contribution in [-0.2, 0) is 0 Å². The monoisotopic (exact) mass is 275 g/mol. The zero-order valence-corrected chi connectivity index (χ0v) is 13.2. The fourth-order valence-electron chi connectivity index (χ4n) is 3.22. The maximum Gasteiger partial charge on any atom is 0.122 e. The highest BCUT2D eigenvalue weighted by Crippen LogP contribution is 2.27. The van der Waals surface area contributed by atoms with Gasteiger partial charge < -0.3 is 10.1 Å². The summed E-state index contributed by atoms with van der Waals surface area (Å²) in [5.74, 6) is 1.83. The summed E-state index contributed by atoms with van der Waals surface area (Å²) < 4.78 is 6.12. The Labute approximate surface area is 123 Å². The molecule has 0 amide bonds. The highest BCUT2D eigenvalue weighted by atomic mass is 16.5. The van der Waals surface area contributed by atoms with Crippen LogP contribution in [0.4, 0.5) is 0 Å². The summed E-state index contributed by atoms with van der Waals surface area (Å²) in [5.41, 5.74) is 2.58. The van der Waals surface area contributed by atoms with E-state index in [4.69, 9.17) is 4.74 Å². The number of likely N-dealkylation sites (N-methyl/N-ethyl adjacent to an activating group) is 1. The molecule has 1 saturated carbocycles. The van der Waals surface area contributed by atoms with E-state index in [0.717, 1.165) is 24.8 Å². The van der Waals surface area contributed by atoms with E-state index in [1.807, 2.05) is 0 Å². The molecule has 1 aliphatic rings. The van der Waals surface area contributed by atoms with Gasteiger partial charge in [-0.05, 0) is 56.3 Å². The zero-order valence-electron chi connectivity index (χ0n) is 13.2. The van der Waals surface area contributed by atoms with Gasteiger partial charge in [-0.1, -0.05) is 38.3 Å². The molecule has 1 unspecified atom stereocenters. The van der Waals surface area contributed by atoms with Crippen molar-refractivity contribution in [2.24, 2.45) is 5.92 Å². The van der Waals surface area contributed by atoms with E-state index in [1.54, 1.807) is 0 Å². The van der Waals surface area contributed by atoms with Crippen molar-refractivity contribution >= 4 is 0 Å². The van der Waals surface area contributed by atoms with Gasteiger partial charge in [-0.15, -0.1) is 0 Å². The molecule has 112 valence electrons. The van der Waals surface area contributed by atoms with Crippen molar-refractivity contribution in [2.75, 3.05) is 13.2 Å². The number of benzene rings is 1. The van der Waals surface area contributed by atoms with Crippen LogP contribution < -0.4 is 10.1 Å². The van der Waals surface area contributed by atoms with Crippen LogP contribution in [0.1, 0.15) is 50.2 Å². The Kier molecular flexibility index (Phi) is 5.90. The van der Waals surface area contributed by atoms with Gasteiger partial charge in [0.1, 0.15) is 12.4 Å². The van der Waals surface area contributed by atoms with Crippen LogP contribution in [0, 0.1) is 19.8 Å². The topological polar surface area (TPSA) is 21.3 Å². The van der Waals surface area contributed by atoms with Gasteiger partial charge in [0.05, 0.1) is 0 Å². The molecular weight excluding hydrogens is 246 g/mol. The summed E-state index contributed by atoms with van der Waals surface area (Å²) >= 11 is 0. The number of aryl methyl sites for hydroxylation is 1. The van der Waals surface area contributed by atoms with Gasteiger partial charge in [0.25, 0.3) is 0 Å². The predicted molar refractivity (Wildman–Crippen MR) is 85.5 cm³/mol. The van der Waals surface area contributed by atoms with Gasteiger partial charge in [-0.3, -0.25) is 0 Å². The van der Waals surface area contributed by atoms with E-state index in [0.29, 0.717) is 6.04 Å². The molecule has 1 aromatic rings. The Bertz CT molecular complexity index is 410. The van der Waals surface area contributed by atoms with E-state index in [2.05, 4.69) is 44.3 Å². The second kappa shape index (κ2) is 7.68. The first-order valence-corrected chi connectivity index (χ1v) is 8.14. The van der Waals surface area contributed by atoms with Crippen LogP contribution in [0.5, 0.6) is 5.75 Å². The summed E-state index contributed by atoms with van der Waals surface area (Å²) in [7, 11) is 0. The minimum atomic E-state index is 0.500. The number of hydrogen-bond donors (Lipinski definition) is 1. The lowest BCUT2D eigenvalue weighted by Crippen LogP contribution is -2.41. The molecule has 1 fully saturated rings. The van der Waals surface area contributed by atoms with Crippen molar-refractivity contribution in [3.8, 4) is 5.75 Å². The van der Waals surface area contributed by atoms with Crippen LogP contribution in [0.2, 0.25) is 0 Å². The second-order valence-corrected chi connectivity index (χ2v) is 6.07. The Hall–Kier alpha value is -1.02. The first-order chi connectivity index (χ1) is 9.72. The van der Waals surface area contributed by atoms with Crippen LogP contribution in [0.25, 0.3) is 0 Å². The number of nitrogens with one attached hydrogen (secondary N) is 1. The SMILES string of the molecule is CCNC(COc1cccc(C)c1C)C1CCCCC1. The number of hydrogen-bond acceptors (Lipinski definition) is 2. The standard InChI is InChI=1S/C18H29NO/c1-4-19-17(16-10-6-5-7-11-16)13-20-18-12-8-9-14(2)15(18)3/h8-9,12,16-17,19H,4-7,10-11,13H2,1-3H3. The molecule has 2 nitrogen and oxygen atoms in total. The van der Waals surface area contributed by atoms with E-state index in [-0.39, 0.29) is 0 Å². The van der Waals surface area contributed by atoms with Crippen molar-refractivity contribution in [3.63, 3.8) is 0 Å². The molecule has 1 N–H and O–H groups in total. The van der Waals surface area contributed by atoms with Gasteiger partial charge in [0.15, 0.2) is 0 Å². The molecule has 0 bridgehead atoms. The van der Waals surface area contributed by atoms with Crippen molar-refractivity contribution in [3.05, 3.63) is 29.3 Å². The third-order valence-electron chi connectivity index (χ3n) is 4.66. The molecule has 0 heterocycles. The average Bonchev–Trinajstić information content (AvgIpc) is 2.48. The highest BCUT2D eigenvalue weighted by Gasteiger charge is 2.23. The maximum absolute atomic E-state index is 6.12. The number of ether oxygens (including phenoxy) is 1. The molecule has 2 rings (SSSR count). The zero-order chi connectivity index (χ0) is 14.4. The van der Waals surface area contributed by atoms with Gasteiger partial charge in [0, 0.05) is 6.04 Å². The predicted octanol–water partition coefficient (Wildman–Crippen LogP) is 4.24. The maximum atomic E-state index is 6.12. The average molecular weight is 275 g/mol. The minimum Gasteiger partial charge on any atom is -0.492 e. The molecule has 0 saturated heterocycles. The van der Waals surface area contributed by atoms with Gasteiger partial charge in [-0.25, -0.2) is 0 Å². The smallest absolute Gasteiger partial charge is 0.122 e. The lowest BCUT2D eigenvalue weighted by molar-refractivity contribution is 0.187. The molecule has 1 aliphatic carbocycles. The molecule has 20 heavy (non-hydrogen) atoms. The Morgan fingerprint density at radius 1 is 1.20 bits per heavy atom. The third-order valence-corrected chi connectivity index (χ3v) is 4.66. The highest BCUT2D eigenvalue weighted by molar-refractivity contribution is 5.38. The van der Waals surface area contributed by atoms with Crippen molar-refractivity contribution in [1.82, 2.24) is 5.32 Å². The fraction of sp³-hybridized carbons (Fsp3) is 0.667. The summed E-state index contributed by atoms with van der Waals surface area (Å²) in [6.45, 7) is 8.30. The largest absolute Gasteiger partial charge is 0.492 e. The summed E-state index contributed by atoms with van der Waals surface area (Å²) in [5, 5.41) is 3.63. The summed E-state index contributed by atoms with van der Waals surface area (Å²) in [4.78, 5) is 0. The van der Waals surface area contributed by atoms with E-state index < -0.39 is 0 Å². The van der Waals surface area contributed by atoms with E-state index in [1.165, 1.54) is 43.2 Å². The van der Waals surface area contributed by atoms with Crippen LogP contribution in [0.3, 0.4) is 0 Å². The normalized spacial score (nSPS) is 17.9. The van der Waals surface area contributed by atoms with Crippen molar-refractivity contribution in [2.45, 2.75) is 58.9 Å². The molecule has 0 aromatic heterocycles. The molecule has 0 aliphatic heterocycles. The first kappa shape index (κ1) is 15.4. The van der Waals surface area contributed by atoms with Crippen molar-refractivity contribution < 1.29 is 4.74 Å². The summed E-state index contributed by atoms with van der Waals surface area (Å²) in [6.07, 6.45) is 6.89. The fourth-order valence-corrected chi connectivity index (χ4v) is 3.22. The van der Waals surface area contributed by atoms with Crippen LogP contribution >= 0.6 is 0 Å². The summed E-state index contributed by atoms with van der Waals surface area (Å²) in [6, 6.07) is 6.82. The number of rotatable bonds is 6. The lowest BCUT2D eigenvalue weighted by atomic mass is 9.84. The quantitative estimate of drug-likeness (QED) is 0.838. The molecule has 0 radical (unpaired) electrons. The third kappa shape index (κ3) is 3.99. The van der Waals surface area contributed by atoms with E-state index >= 15 is 0 Å². The minimum absolute atomic E-state index is 0.500. The van der Waals surface area contributed by atoms with Gasteiger partial charge in [0.2, 0.25) is 0 Å². The van der Waals surface area contributed by atoms with Gasteiger partial charge >= 0.3 is 0 Å². The van der Waals surface area contributed by atoms with Crippen molar-refractivity contribution in [1.29, 1.82) is 0 Å². The molecule has 0 spiro atoms. The lowest BCUT2D eigenvalue weighted by Gasteiger charge is -2.31. The molecular formula is C18H29NO. The van der Waals surface area contributed by atoms with Crippen LogP contribution in [0.15, 0.2) is 18.2 Å².